The molecule has 0 saturated heterocycles. The molecule has 0 aromatic rings. The second-order valence-electron chi connectivity index (χ2n) is 2.33. The molecule has 2 unspecified atom stereocenters. The summed E-state index contributed by atoms with van der Waals surface area (Å²) < 4.78 is 20.5. The van der Waals surface area contributed by atoms with Crippen LogP contribution in [0.25, 0.3) is 0 Å². The summed E-state index contributed by atoms with van der Waals surface area (Å²) in [6.07, 6.45) is 0. The van der Waals surface area contributed by atoms with Crippen LogP contribution < -0.4 is 0 Å². The molecule has 0 aliphatic carbocycles. The molecular formula is C6H12Cl2O3Se. The van der Waals surface area contributed by atoms with E-state index in [9.17, 15) is 3.83 Å². The van der Waals surface area contributed by atoms with Crippen LogP contribution in [0.2, 0.25) is 0 Å². The summed E-state index contributed by atoms with van der Waals surface area (Å²) >= 11 is 8.51. The van der Waals surface area contributed by atoms with E-state index in [1.807, 2.05) is 0 Å². The van der Waals surface area contributed by atoms with Gasteiger partial charge in [0.15, 0.2) is 0 Å². The molecule has 0 bridgehead atoms. The number of hydrogen-bond acceptors (Lipinski definition) is 3. The molecule has 2 atom stereocenters. The van der Waals surface area contributed by atoms with Gasteiger partial charge in [-0.2, -0.15) is 0 Å². The first-order valence-corrected chi connectivity index (χ1v) is 6.46. The van der Waals surface area contributed by atoms with Crippen LogP contribution in [0.3, 0.4) is 0 Å². The zero-order valence-corrected chi connectivity index (χ0v) is 10.2. The van der Waals surface area contributed by atoms with E-state index >= 15 is 0 Å². The standard InChI is InChI=1S/C6H12Cl2O3Se/c1-5(7)3-10-12(9)11-4-6(2)8/h5-6H,3-4H2,1-2H3. The predicted molar refractivity (Wildman–Crippen MR) is 49.0 cm³/mol. The SMILES string of the molecule is CC(Cl)CO[Se](=O)OCC(C)Cl. The third-order valence-electron chi connectivity index (χ3n) is 0.788. The molecule has 0 saturated carbocycles. The van der Waals surface area contributed by atoms with E-state index < -0.39 is 14.5 Å². The van der Waals surface area contributed by atoms with Gasteiger partial charge in [0.2, 0.25) is 0 Å². The summed E-state index contributed by atoms with van der Waals surface area (Å²) in [4.78, 5) is 0. The Kier molecular flexibility index (Phi) is 7.74. The predicted octanol–water partition coefficient (Wildman–Crippen LogP) is 1.69. The van der Waals surface area contributed by atoms with Crippen molar-refractivity contribution in [2.24, 2.45) is 0 Å². The van der Waals surface area contributed by atoms with E-state index in [2.05, 4.69) is 0 Å². The number of hydrogen-bond donors (Lipinski definition) is 0. The van der Waals surface area contributed by atoms with Gasteiger partial charge in [0.25, 0.3) is 0 Å². The molecule has 0 aliphatic heterocycles. The maximum absolute atomic E-state index is 10.9. The van der Waals surface area contributed by atoms with E-state index in [0.29, 0.717) is 0 Å². The van der Waals surface area contributed by atoms with Crippen molar-refractivity contribution < 1.29 is 11.5 Å². The Bertz CT molecular complexity index is 127. The molecule has 0 N–H and O–H groups in total. The minimum absolute atomic E-state index is 0.151. The average Bonchev–Trinajstić information content (AvgIpc) is 1.96. The quantitative estimate of drug-likeness (QED) is 0.549. The van der Waals surface area contributed by atoms with Gasteiger partial charge in [-0.3, -0.25) is 0 Å². The van der Waals surface area contributed by atoms with Crippen molar-refractivity contribution in [1.82, 2.24) is 0 Å². The van der Waals surface area contributed by atoms with Crippen molar-refractivity contribution in [3.05, 3.63) is 0 Å². The zero-order chi connectivity index (χ0) is 9.56. The van der Waals surface area contributed by atoms with Crippen molar-refractivity contribution in [1.29, 1.82) is 0 Å². The molecule has 12 heavy (non-hydrogen) atoms. The van der Waals surface area contributed by atoms with E-state index in [1.165, 1.54) is 0 Å². The van der Waals surface area contributed by atoms with Gasteiger partial charge >= 0.3 is 87.0 Å². The van der Waals surface area contributed by atoms with Crippen LogP contribution in [0.1, 0.15) is 13.8 Å². The van der Waals surface area contributed by atoms with Crippen LogP contribution in [0.15, 0.2) is 0 Å². The van der Waals surface area contributed by atoms with Crippen LogP contribution in [0.5, 0.6) is 0 Å². The number of halogens is 2. The van der Waals surface area contributed by atoms with Crippen LogP contribution in [-0.2, 0) is 11.5 Å². The van der Waals surface area contributed by atoms with Crippen molar-refractivity contribution in [3.8, 4) is 0 Å². The van der Waals surface area contributed by atoms with Crippen molar-refractivity contribution in [3.63, 3.8) is 0 Å². The molecule has 0 aromatic heterocycles. The summed E-state index contributed by atoms with van der Waals surface area (Å²) in [7, 11) is 0. The Morgan fingerprint density at radius 2 is 1.50 bits per heavy atom. The first-order chi connectivity index (χ1) is 5.52. The van der Waals surface area contributed by atoms with E-state index in [1.54, 1.807) is 13.8 Å². The second-order valence-corrected chi connectivity index (χ2v) is 5.67. The second kappa shape index (κ2) is 7.24. The molecule has 6 heteroatoms. The Morgan fingerprint density at radius 3 is 1.75 bits per heavy atom. The summed E-state index contributed by atoms with van der Waals surface area (Å²) in [5.41, 5.74) is 0. The van der Waals surface area contributed by atoms with Crippen molar-refractivity contribution in [2.75, 3.05) is 13.2 Å². The van der Waals surface area contributed by atoms with Gasteiger partial charge in [-0.15, -0.1) is 0 Å². The van der Waals surface area contributed by atoms with Gasteiger partial charge in [-0.1, -0.05) is 0 Å². The maximum atomic E-state index is 10.9. The fourth-order valence-corrected chi connectivity index (χ4v) is 2.26. The van der Waals surface area contributed by atoms with Crippen LogP contribution in [0.4, 0.5) is 0 Å². The van der Waals surface area contributed by atoms with Crippen molar-refractivity contribution >= 4 is 37.7 Å². The van der Waals surface area contributed by atoms with E-state index in [4.69, 9.17) is 30.8 Å². The summed E-state index contributed by atoms with van der Waals surface area (Å²) in [6.45, 7) is 3.99. The summed E-state index contributed by atoms with van der Waals surface area (Å²) in [5.74, 6) is 0. The van der Waals surface area contributed by atoms with E-state index in [-0.39, 0.29) is 24.0 Å². The Balaban J connectivity index is 3.34. The van der Waals surface area contributed by atoms with E-state index in [0.717, 1.165) is 0 Å². The summed E-state index contributed by atoms with van der Waals surface area (Å²) in [5, 5.41) is -0.301. The minimum atomic E-state index is -2.61. The van der Waals surface area contributed by atoms with Gasteiger partial charge in [0, 0.05) is 0 Å². The molecule has 0 aromatic carbocycles. The molecule has 0 heterocycles. The molecule has 0 radical (unpaired) electrons. The third-order valence-corrected chi connectivity index (χ3v) is 2.42. The normalized spacial score (nSPS) is 18.7. The fourth-order valence-electron chi connectivity index (χ4n) is 0.333. The van der Waals surface area contributed by atoms with Crippen LogP contribution in [0, 0.1) is 0 Å². The molecule has 3 nitrogen and oxygen atoms in total. The average molecular weight is 282 g/mol. The molecule has 0 rings (SSSR count). The fraction of sp³-hybridized carbons (Fsp3) is 1.00. The van der Waals surface area contributed by atoms with Gasteiger partial charge < -0.3 is 0 Å². The molecule has 0 amide bonds. The first kappa shape index (κ1) is 12.8. The van der Waals surface area contributed by atoms with Gasteiger partial charge in [-0.05, 0) is 0 Å². The monoisotopic (exact) mass is 282 g/mol. The number of alkyl halides is 2. The van der Waals surface area contributed by atoms with Gasteiger partial charge in [-0.25, -0.2) is 0 Å². The van der Waals surface area contributed by atoms with Gasteiger partial charge in [0.05, 0.1) is 0 Å². The van der Waals surface area contributed by atoms with Crippen LogP contribution in [-0.4, -0.2) is 38.5 Å². The molecule has 0 spiro atoms. The topological polar surface area (TPSA) is 35.5 Å². The third kappa shape index (κ3) is 8.91. The van der Waals surface area contributed by atoms with Crippen LogP contribution >= 0.6 is 23.2 Å². The Labute approximate surface area is 87.0 Å². The number of rotatable bonds is 6. The van der Waals surface area contributed by atoms with Gasteiger partial charge in [0.1, 0.15) is 0 Å². The summed E-state index contributed by atoms with van der Waals surface area (Å²) in [6, 6.07) is 0. The van der Waals surface area contributed by atoms with Crippen molar-refractivity contribution in [2.45, 2.75) is 24.6 Å². The molecule has 74 valence electrons. The Hall–Kier alpha value is 0.819. The zero-order valence-electron chi connectivity index (χ0n) is 6.96. The molecule has 0 fully saturated rings. The Morgan fingerprint density at radius 1 is 1.17 bits per heavy atom. The molecule has 0 aliphatic rings. The molecular weight excluding hydrogens is 270 g/mol. The first-order valence-electron chi connectivity index (χ1n) is 3.48.